The largest absolute Gasteiger partial charge is 0.497 e. The summed E-state index contributed by atoms with van der Waals surface area (Å²) in [5.41, 5.74) is 4.30. The van der Waals surface area contributed by atoms with Gasteiger partial charge in [0.25, 0.3) is 0 Å². The van der Waals surface area contributed by atoms with Gasteiger partial charge in [0.05, 0.1) is 12.7 Å². The van der Waals surface area contributed by atoms with Crippen LogP contribution in [0.1, 0.15) is 47.7 Å². The molecule has 2 aliphatic rings. The second-order valence-electron chi connectivity index (χ2n) is 8.34. The van der Waals surface area contributed by atoms with Crippen molar-refractivity contribution in [3.8, 4) is 11.6 Å². The van der Waals surface area contributed by atoms with Gasteiger partial charge in [-0.15, -0.1) is 5.10 Å². The maximum absolute atomic E-state index is 13.0. The number of fused-ring (bicyclic) bond motifs is 3. The zero-order chi connectivity index (χ0) is 22.4. The van der Waals surface area contributed by atoms with E-state index in [0.717, 1.165) is 46.6 Å². The van der Waals surface area contributed by atoms with E-state index >= 15 is 0 Å². The van der Waals surface area contributed by atoms with Gasteiger partial charge in [-0.1, -0.05) is 42.5 Å². The number of benzene rings is 2. The van der Waals surface area contributed by atoms with Gasteiger partial charge >= 0.3 is 0 Å². The molecule has 0 spiro atoms. The number of Topliss-reactive ketones (excluding diaryl/α,β-unsaturated/α-hetero) is 1. The average Bonchev–Trinajstić information content (AvgIpc) is 3.26. The summed E-state index contributed by atoms with van der Waals surface area (Å²) in [5, 5.41) is 4.67. The van der Waals surface area contributed by atoms with Gasteiger partial charge < -0.3 is 9.47 Å². The highest BCUT2D eigenvalue weighted by Crippen LogP contribution is 2.46. The maximum atomic E-state index is 13.0. The van der Waals surface area contributed by atoms with Crippen molar-refractivity contribution in [2.45, 2.75) is 31.6 Å². The third-order valence-corrected chi connectivity index (χ3v) is 6.29. The first-order chi connectivity index (χ1) is 16.2. The fraction of sp³-hybridized carbons (Fsp3) is 0.231. The molecule has 1 aliphatic carbocycles. The standard InChI is InChI=1S/C26H22N4O3/c1-32-18-12-10-16(11-13-18)14-21-28-25-24-22(17-6-3-2-4-7-17)23-19(31)8-5-9-20(23)33-26(24)27-15-30(25)29-21/h2-4,6-7,10-13,15,22H,5,8-9,14H2,1H3/t22-/m0/s1. The Kier molecular flexibility index (Phi) is 4.68. The van der Waals surface area contributed by atoms with Gasteiger partial charge in [-0.05, 0) is 29.7 Å². The number of hydrogen-bond donors (Lipinski definition) is 0. The van der Waals surface area contributed by atoms with Crippen molar-refractivity contribution in [3.05, 3.63) is 94.8 Å². The van der Waals surface area contributed by atoms with Crippen molar-refractivity contribution in [2.75, 3.05) is 7.11 Å². The minimum atomic E-state index is -0.271. The molecule has 0 radical (unpaired) electrons. The fourth-order valence-corrected chi connectivity index (χ4v) is 4.74. The SMILES string of the molecule is COc1ccc(Cc2nc3c4c(ncn3n2)OC2=C(C(=O)CCC2)[C@@H]4c2ccccc2)cc1. The van der Waals surface area contributed by atoms with E-state index < -0.39 is 0 Å². The lowest BCUT2D eigenvalue weighted by Gasteiger charge is -2.31. The third kappa shape index (κ3) is 3.36. The highest BCUT2D eigenvalue weighted by Gasteiger charge is 2.39. The summed E-state index contributed by atoms with van der Waals surface area (Å²) in [6, 6.07) is 17.9. The zero-order valence-corrected chi connectivity index (χ0v) is 18.2. The predicted molar refractivity (Wildman–Crippen MR) is 121 cm³/mol. The molecule has 164 valence electrons. The summed E-state index contributed by atoms with van der Waals surface area (Å²) in [4.78, 5) is 22.5. The van der Waals surface area contributed by atoms with Crippen molar-refractivity contribution in [1.29, 1.82) is 0 Å². The smallest absolute Gasteiger partial charge is 0.228 e. The Labute approximate surface area is 190 Å². The number of rotatable bonds is 4. The van der Waals surface area contributed by atoms with Crippen LogP contribution in [-0.4, -0.2) is 32.5 Å². The molecular formula is C26H22N4O3. The van der Waals surface area contributed by atoms with Crippen LogP contribution in [0.2, 0.25) is 0 Å². The number of carbonyl (C=O) groups is 1. The predicted octanol–water partition coefficient (Wildman–Crippen LogP) is 4.26. The lowest BCUT2D eigenvalue weighted by molar-refractivity contribution is -0.116. The molecule has 0 saturated carbocycles. The van der Waals surface area contributed by atoms with Gasteiger partial charge in [0.15, 0.2) is 17.3 Å². The fourth-order valence-electron chi connectivity index (χ4n) is 4.74. The number of methoxy groups -OCH3 is 1. The molecule has 3 heterocycles. The van der Waals surface area contributed by atoms with Gasteiger partial charge in [-0.25, -0.2) is 14.5 Å². The van der Waals surface area contributed by atoms with Crippen LogP contribution >= 0.6 is 0 Å². The molecule has 2 aromatic heterocycles. The summed E-state index contributed by atoms with van der Waals surface area (Å²) < 4.78 is 13.1. The number of hydrogen-bond acceptors (Lipinski definition) is 6. The van der Waals surface area contributed by atoms with E-state index in [1.807, 2.05) is 54.6 Å². The number of aromatic nitrogens is 4. The number of ketones is 1. The molecule has 0 bridgehead atoms. The molecule has 33 heavy (non-hydrogen) atoms. The maximum Gasteiger partial charge on any atom is 0.228 e. The lowest BCUT2D eigenvalue weighted by Crippen LogP contribution is -2.26. The van der Waals surface area contributed by atoms with Gasteiger partial charge in [0.2, 0.25) is 5.88 Å². The van der Waals surface area contributed by atoms with Crippen molar-refractivity contribution >= 4 is 11.4 Å². The Morgan fingerprint density at radius 3 is 2.70 bits per heavy atom. The molecule has 0 unspecified atom stereocenters. The van der Waals surface area contributed by atoms with Crippen LogP contribution in [0.4, 0.5) is 0 Å². The Balaban J connectivity index is 1.48. The van der Waals surface area contributed by atoms with Crippen LogP contribution in [0.5, 0.6) is 11.6 Å². The van der Waals surface area contributed by atoms with E-state index in [1.54, 1.807) is 18.0 Å². The minimum Gasteiger partial charge on any atom is -0.497 e. The van der Waals surface area contributed by atoms with Gasteiger partial charge in [-0.2, -0.15) is 0 Å². The summed E-state index contributed by atoms with van der Waals surface area (Å²) in [7, 11) is 1.65. The molecule has 0 N–H and O–H groups in total. The monoisotopic (exact) mass is 438 g/mol. The van der Waals surface area contributed by atoms with Crippen molar-refractivity contribution in [2.24, 2.45) is 0 Å². The molecule has 1 atom stereocenters. The van der Waals surface area contributed by atoms with E-state index in [4.69, 9.17) is 14.5 Å². The molecule has 4 aromatic rings. The van der Waals surface area contributed by atoms with Crippen LogP contribution in [-0.2, 0) is 11.2 Å². The van der Waals surface area contributed by atoms with Gasteiger partial charge in [-0.3, -0.25) is 4.79 Å². The highest BCUT2D eigenvalue weighted by atomic mass is 16.5. The van der Waals surface area contributed by atoms with Crippen molar-refractivity contribution < 1.29 is 14.3 Å². The normalized spacial score (nSPS) is 17.5. The second kappa shape index (κ2) is 7.85. The van der Waals surface area contributed by atoms with E-state index in [2.05, 4.69) is 10.1 Å². The summed E-state index contributed by atoms with van der Waals surface area (Å²) in [5.74, 6) is 2.60. The van der Waals surface area contributed by atoms with E-state index in [-0.39, 0.29) is 11.7 Å². The Hall–Kier alpha value is -4.00. The topological polar surface area (TPSA) is 78.6 Å². The van der Waals surface area contributed by atoms with Crippen LogP contribution in [0, 0.1) is 0 Å². The van der Waals surface area contributed by atoms with Gasteiger partial charge in [0.1, 0.15) is 17.8 Å². The third-order valence-electron chi connectivity index (χ3n) is 6.29. The number of nitrogens with zero attached hydrogens (tertiary/aromatic N) is 4. The molecule has 2 aromatic carbocycles. The molecule has 6 rings (SSSR count). The molecule has 0 fully saturated rings. The Morgan fingerprint density at radius 2 is 1.91 bits per heavy atom. The first-order valence-corrected chi connectivity index (χ1v) is 11.1. The number of carbonyl (C=O) groups excluding carboxylic acids is 1. The highest BCUT2D eigenvalue weighted by molar-refractivity contribution is 6.00. The van der Waals surface area contributed by atoms with Crippen molar-refractivity contribution in [3.63, 3.8) is 0 Å². The molecule has 7 heteroatoms. The molecule has 0 amide bonds. The zero-order valence-electron chi connectivity index (χ0n) is 18.2. The van der Waals surface area contributed by atoms with Crippen molar-refractivity contribution in [1.82, 2.24) is 19.6 Å². The molecule has 0 saturated heterocycles. The first kappa shape index (κ1) is 19.7. The first-order valence-electron chi connectivity index (χ1n) is 11.1. The molecular weight excluding hydrogens is 416 g/mol. The van der Waals surface area contributed by atoms with Crippen LogP contribution in [0.25, 0.3) is 5.65 Å². The summed E-state index contributed by atoms with van der Waals surface area (Å²) in [6.07, 6.45) is 4.29. The molecule has 7 nitrogen and oxygen atoms in total. The van der Waals surface area contributed by atoms with Crippen LogP contribution < -0.4 is 9.47 Å². The summed E-state index contributed by atoms with van der Waals surface area (Å²) in [6.45, 7) is 0. The van der Waals surface area contributed by atoms with E-state index in [1.165, 1.54) is 0 Å². The van der Waals surface area contributed by atoms with Crippen LogP contribution in [0.3, 0.4) is 0 Å². The lowest BCUT2D eigenvalue weighted by atomic mass is 9.78. The Morgan fingerprint density at radius 1 is 1.09 bits per heavy atom. The van der Waals surface area contributed by atoms with Crippen LogP contribution in [0.15, 0.2) is 72.3 Å². The second-order valence-corrected chi connectivity index (χ2v) is 8.34. The quantitative estimate of drug-likeness (QED) is 0.474. The number of ether oxygens (including phenoxy) is 2. The van der Waals surface area contributed by atoms with E-state index in [0.29, 0.717) is 30.2 Å². The van der Waals surface area contributed by atoms with E-state index in [9.17, 15) is 4.79 Å². The minimum absolute atomic E-state index is 0.135. The summed E-state index contributed by atoms with van der Waals surface area (Å²) >= 11 is 0. The average molecular weight is 438 g/mol. The molecule has 1 aliphatic heterocycles. The Bertz CT molecular complexity index is 1390. The van der Waals surface area contributed by atoms with Gasteiger partial charge in [0, 0.05) is 30.8 Å². The number of allylic oxidation sites excluding steroid dienone is 2.